The smallest absolute Gasteiger partial charge is 0.315 e. The van der Waals surface area contributed by atoms with Gasteiger partial charge in [-0.05, 0) is 20.3 Å². The first-order valence-corrected chi connectivity index (χ1v) is 5.66. The van der Waals surface area contributed by atoms with Crippen LogP contribution < -0.4 is 10.6 Å². The summed E-state index contributed by atoms with van der Waals surface area (Å²) in [7, 11) is 1.65. The monoisotopic (exact) mass is 216 g/mol. The van der Waals surface area contributed by atoms with E-state index in [0.717, 1.165) is 19.3 Å². The van der Waals surface area contributed by atoms with Crippen LogP contribution in [0, 0.1) is 0 Å². The number of hydrogen-bond donors (Lipinski definition) is 2. The summed E-state index contributed by atoms with van der Waals surface area (Å²) < 4.78 is 5.06. The van der Waals surface area contributed by atoms with Crippen molar-refractivity contribution in [2.75, 3.05) is 13.7 Å². The van der Waals surface area contributed by atoms with Crippen molar-refractivity contribution in [1.29, 1.82) is 0 Å². The van der Waals surface area contributed by atoms with Crippen molar-refractivity contribution in [3.8, 4) is 0 Å². The van der Waals surface area contributed by atoms with E-state index in [4.69, 9.17) is 4.74 Å². The zero-order valence-corrected chi connectivity index (χ0v) is 10.3. The molecule has 0 saturated heterocycles. The lowest BCUT2D eigenvalue weighted by molar-refractivity contribution is 0.160. The molecule has 4 heteroatoms. The normalized spacial score (nSPS) is 12.6. The molecule has 2 N–H and O–H groups in total. The molecular formula is C11H24N2O2. The minimum Gasteiger partial charge on any atom is -0.383 e. The average molecular weight is 216 g/mol. The maximum Gasteiger partial charge on any atom is 0.315 e. The third kappa shape index (κ3) is 8.24. The van der Waals surface area contributed by atoms with E-state index in [0.29, 0.717) is 6.61 Å². The Balaban J connectivity index is 3.86. The summed E-state index contributed by atoms with van der Waals surface area (Å²) in [6.45, 7) is 6.59. The van der Waals surface area contributed by atoms with E-state index in [9.17, 15) is 4.79 Å². The average Bonchev–Trinajstić information content (AvgIpc) is 2.13. The number of unbranched alkanes of at least 4 members (excludes halogenated alkanes) is 1. The first kappa shape index (κ1) is 14.2. The van der Waals surface area contributed by atoms with Crippen LogP contribution in [0.5, 0.6) is 0 Å². The van der Waals surface area contributed by atoms with E-state index in [1.807, 2.05) is 13.8 Å². The maximum atomic E-state index is 11.4. The van der Waals surface area contributed by atoms with Gasteiger partial charge in [0.1, 0.15) is 0 Å². The molecule has 1 atom stereocenters. The number of hydrogen-bond acceptors (Lipinski definition) is 2. The second-order valence-corrected chi connectivity index (χ2v) is 4.07. The van der Waals surface area contributed by atoms with Crippen LogP contribution in [0.25, 0.3) is 0 Å². The van der Waals surface area contributed by atoms with Crippen LogP contribution in [0.4, 0.5) is 4.79 Å². The third-order valence-corrected chi connectivity index (χ3v) is 2.03. The fourth-order valence-corrected chi connectivity index (χ4v) is 1.34. The van der Waals surface area contributed by atoms with Gasteiger partial charge >= 0.3 is 6.03 Å². The number of ether oxygens (including phenoxy) is 1. The highest BCUT2D eigenvalue weighted by molar-refractivity contribution is 5.74. The Labute approximate surface area is 92.8 Å². The molecule has 0 aliphatic heterocycles. The van der Waals surface area contributed by atoms with Gasteiger partial charge in [0.25, 0.3) is 0 Å². The Morgan fingerprint density at radius 1 is 1.33 bits per heavy atom. The fourth-order valence-electron chi connectivity index (χ4n) is 1.34. The topological polar surface area (TPSA) is 50.4 Å². The lowest BCUT2D eigenvalue weighted by atomic mass is 10.1. The maximum absolute atomic E-state index is 11.4. The van der Waals surface area contributed by atoms with Gasteiger partial charge in [0.15, 0.2) is 0 Å². The number of urea groups is 1. The highest BCUT2D eigenvalue weighted by Gasteiger charge is 2.11. The summed E-state index contributed by atoms with van der Waals surface area (Å²) in [5, 5.41) is 5.71. The molecule has 0 aliphatic carbocycles. The van der Waals surface area contributed by atoms with Crippen LogP contribution in [0.1, 0.15) is 40.0 Å². The lowest BCUT2D eigenvalue weighted by Crippen LogP contribution is -2.46. The molecule has 0 spiro atoms. The highest BCUT2D eigenvalue weighted by Crippen LogP contribution is 2.00. The second-order valence-electron chi connectivity index (χ2n) is 4.07. The van der Waals surface area contributed by atoms with Crippen LogP contribution in [-0.4, -0.2) is 31.8 Å². The van der Waals surface area contributed by atoms with Crippen molar-refractivity contribution in [3.05, 3.63) is 0 Å². The molecule has 0 aromatic carbocycles. The minimum atomic E-state index is -0.108. The second kappa shape index (κ2) is 8.53. The molecule has 0 fully saturated rings. The molecule has 0 unspecified atom stereocenters. The number of carbonyl (C=O) groups excluding carboxylic acids is 1. The summed E-state index contributed by atoms with van der Waals surface area (Å²) >= 11 is 0. The number of nitrogens with one attached hydrogen (secondary N) is 2. The van der Waals surface area contributed by atoms with Gasteiger partial charge in [-0.1, -0.05) is 19.8 Å². The zero-order valence-electron chi connectivity index (χ0n) is 10.3. The highest BCUT2D eigenvalue weighted by atomic mass is 16.5. The molecule has 0 radical (unpaired) electrons. The van der Waals surface area contributed by atoms with Gasteiger partial charge < -0.3 is 15.4 Å². The van der Waals surface area contributed by atoms with Crippen LogP contribution in [0.2, 0.25) is 0 Å². The molecule has 0 heterocycles. The van der Waals surface area contributed by atoms with Crippen LogP contribution in [0.3, 0.4) is 0 Å². The molecule has 0 aromatic rings. The first-order valence-electron chi connectivity index (χ1n) is 5.66. The number of methoxy groups -OCH3 is 1. The Morgan fingerprint density at radius 2 is 2.00 bits per heavy atom. The quantitative estimate of drug-likeness (QED) is 0.683. The predicted octanol–water partition coefficient (Wildman–Crippen LogP) is 1.90. The molecule has 2 amide bonds. The summed E-state index contributed by atoms with van der Waals surface area (Å²) in [6, 6.07) is 0.177. The van der Waals surface area contributed by atoms with Crippen LogP contribution in [0.15, 0.2) is 0 Å². The molecule has 0 aromatic heterocycles. The van der Waals surface area contributed by atoms with Gasteiger partial charge in [-0.3, -0.25) is 0 Å². The minimum absolute atomic E-state index is 0.108. The molecule has 0 aliphatic rings. The Morgan fingerprint density at radius 3 is 2.47 bits per heavy atom. The van der Waals surface area contributed by atoms with Crippen molar-refractivity contribution in [3.63, 3.8) is 0 Å². The first-order chi connectivity index (χ1) is 7.10. The Bertz CT molecular complexity index is 172. The third-order valence-electron chi connectivity index (χ3n) is 2.03. The predicted molar refractivity (Wildman–Crippen MR) is 62.0 cm³/mol. The van der Waals surface area contributed by atoms with Gasteiger partial charge in [-0.25, -0.2) is 4.79 Å². The largest absolute Gasteiger partial charge is 0.383 e. The lowest BCUT2D eigenvalue weighted by Gasteiger charge is -2.19. The Hall–Kier alpha value is -0.770. The summed E-state index contributed by atoms with van der Waals surface area (Å²) in [6.07, 6.45) is 3.21. The van der Waals surface area contributed by atoms with E-state index in [1.165, 1.54) is 0 Å². The van der Waals surface area contributed by atoms with Gasteiger partial charge in [-0.15, -0.1) is 0 Å². The SMILES string of the molecule is CCCC[C@@H](COC)NC(=O)NC(C)C. The van der Waals surface area contributed by atoms with Gasteiger partial charge in [0, 0.05) is 13.2 Å². The molecular weight excluding hydrogens is 192 g/mol. The van der Waals surface area contributed by atoms with E-state index in [2.05, 4.69) is 17.6 Å². The van der Waals surface area contributed by atoms with Crippen LogP contribution >= 0.6 is 0 Å². The molecule has 0 bridgehead atoms. The molecule has 0 rings (SSSR count). The van der Waals surface area contributed by atoms with Crippen molar-refractivity contribution < 1.29 is 9.53 Å². The van der Waals surface area contributed by atoms with Crippen molar-refractivity contribution in [2.24, 2.45) is 0 Å². The summed E-state index contributed by atoms with van der Waals surface area (Å²) in [5.41, 5.74) is 0. The van der Waals surface area contributed by atoms with Crippen molar-refractivity contribution >= 4 is 6.03 Å². The zero-order chi connectivity index (χ0) is 11.7. The fraction of sp³-hybridized carbons (Fsp3) is 0.909. The molecule has 90 valence electrons. The number of amides is 2. The van der Waals surface area contributed by atoms with Gasteiger partial charge in [0.2, 0.25) is 0 Å². The van der Waals surface area contributed by atoms with Crippen molar-refractivity contribution in [2.45, 2.75) is 52.1 Å². The number of carbonyl (C=O) groups is 1. The van der Waals surface area contributed by atoms with E-state index < -0.39 is 0 Å². The van der Waals surface area contributed by atoms with E-state index in [-0.39, 0.29) is 18.1 Å². The van der Waals surface area contributed by atoms with E-state index >= 15 is 0 Å². The summed E-state index contributed by atoms with van der Waals surface area (Å²) in [5.74, 6) is 0. The van der Waals surface area contributed by atoms with Gasteiger partial charge in [-0.2, -0.15) is 0 Å². The van der Waals surface area contributed by atoms with Crippen molar-refractivity contribution in [1.82, 2.24) is 10.6 Å². The molecule has 15 heavy (non-hydrogen) atoms. The molecule has 0 saturated carbocycles. The number of rotatable bonds is 7. The molecule has 4 nitrogen and oxygen atoms in total. The van der Waals surface area contributed by atoms with Gasteiger partial charge in [0.05, 0.1) is 12.6 Å². The van der Waals surface area contributed by atoms with Crippen LogP contribution in [-0.2, 0) is 4.74 Å². The van der Waals surface area contributed by atoms with E-state index in [1.54, 1.807) is 7.11 Å². The standard InChI is InChI=1S/C11H24N2O2/c1-5-6-7-10(8-15-4)13-11(14)12-9(2)3/h9-10H,5-8H2,1-4H3,(H2,12,13,14)/t10-/m0/s1. The summed E-state index contributed by atoms with van der Waals surface area (Å²) in [4.78, 5) is 11.4. The Kier molecular flexibility index (Phi) is 8.09.